The van der Waals surface area contributed by atoms with E-state index >= 15 is 0 Å². The minimum Gasteiger partial charge on any atom is -0.508 e. The van der Waals surface area contributed by atoms with Crippen molar-refractivity contribution < 1.29 is 5.11 Å². The Morgan fingerprint density at radius 1 is 1.13 bits per heavy atom. The molecule has 0 bridgehead atoms. The number of phenolic OH excluding ortho intramolecular Hbond substituents is 1. The third-order valence-corrected chi connectivity index (χ3v) is 3.68. The molecule has 0 atom stereocenters. The SMILES string of the molecule is CCc1ccc(C(C)(CC)CC)c(O)c1. The summed E-state index contributed by atoms with van der Waals surface area (Å²) in [5.74, 6) is 0.459. The van der Waals surface area contributed by atoms with E-state index in [-0.39, 0.29) is 5.41 Å². The Bertz CT molecular complexity index is 324. The number of hydrogen-bond acceptors (Lipinski definition) is 1. The Labute approximate surface area is 93.1 Å². The molecule has 0 radical (unpaired) electrons. The molecule has 1 aromatic carbocycles. The summed E-state index contributed by atoms with van der Waals surface area (Å²) in [6.07, 6.45) is 3.09. The zero-order chi connectivity index (χ0) is 11.5. The van der Waals surface area contributed by atoms with Crippen LogP contribution in [0, 0.1) is 0 Å². The van der Waals surface area contributed by atoms with Crippen LogP contribution in [0.5, 0.6) is 5.75 Å². The van der Waals surface area contributed by atoms with E-state index in [2.05, 4.69) is 39.8 Å². The van der Waals surface area contributed by atoms with Crippen molar-refractivity contribution in [2.45, 2.75) is 52.4 Å². The normalized spacial score (nSPS) is 11.7. The Hall–Kier alpha value is -0.980. The van der Waals surface area contributed by atoms with Gasteiger partial charge < -0.3 is 5.11 Å². The minimum atomic E-state index is 0.107. The van der Waals surface area contributed by atoms with Crippen molar-refractivity contribution >= 4 is 0 Å². The number of aryl methyl sites for hydroxylation is 1. The summed E-state index contributed by atoms with van der Waals surface area (Å²) in [7, 11) is 0. The number of aromatic hydroxyl groups is 1. The molecule has 1 rings (SSSR count). The molecule has 0 saturated carbocycles. The standard InChI is InChI=1S/C14H22O/c1-5-11-8-9-12(13(15)10-11)14(4,6-2)7-3/h8-10,15H,5-7H2,1-4H3. The van der Waals surface area contributed by atoms with E-state index in [9.17, 15) is 5.11 Å². The molecule has 0 aliphatic heterocycles. The lowest BCUT2D eigenvalue weighted by Gasteiger charge is -2.28. The molecule has 1 aromatic rings. The molecule has 1 N–H and O–H groups in total. The zero-order valence-corrected chi connectivity index (χ0v) is 10.3. The molecule has 0 heterocycles. The highest BCUT2D eigenvalue weighted by Crippen LogP contribution is 2.36. The molecule has 1 heteroatoms. The first-order valence-electron chi connectivity index (χ1n) is 5.89. The predicted molar refractivity (Wildman–Crippen MR) is 65.4 cm³/mol. The van der Waals surface area contributed by atoms with E-state index in [0.29, 0.717) is 5.75 Å². The molecule has 0 fully saturated rings. The van der Waals surface area contributed by atoms with Crippen LogP contribution in [0.1, 0.15) is 51.7 Å². The van der Waals surface area contributed by atoms with E-state index in [1.807, 2.05) is 6.07 Å². The largest absolute Gasteiger partial charge is 0.508 e. The molecular weight excluding hydrogens is 184 g/mol. The van der Waals surface area contributed by atoms with Crippen molar-refractivity contribution in [3.05, 3.63) is 29.3 Å². The second kappa shape index (κ2) is 4.69. The Balaban J connectivity index is 3.14. The van der Waals surface area contributed by atoms with Crippen LogP contribution >= 0.6 is 0 Å². The van der Waals surface area contributed by atoms with Crippen LogP contribution in [0.25, 0.3) is 0 Å². The quantitative estimate of drug-likeness (QED) is 0.788. The van der Waals surface area contributed by atoms with Crippen molar-refractivity contribution in [3.8, 4) is 5.75 Å². The third-order valence-electron chi connectivity index (χ3n) is 3.68. The predicted octanol–water partition coefficient (Wildman–Crippen LogP) is 4.03. The molecule has 0 spiro atoms. The average Bonchev–Trinajstić information content (AvgIpc) is 2.27. The lowest BCUT2D eigenvalue weighted by Crippen LogP contribution is -2.19. The van der Waals surface area contributed by atoms with Gasteiger partial charge in [0.2, 0.25) is 0 Å². The number of phenols is 1. The smallest absolute Gasteiger partial charge is 0.119 e. The average molecular weight is 206 g/mol. The summed E-state index contributed by atoms with van der Waals surface area (Å²) in [4.78, 5) is 0. The van der Waals surface area contributed by atoms with Crippen LogP contribution in [0.4, 0.5) is 0 Å². The maximum absolute atomic E-state index is 10.0. The van der Waals surface area contributed by atoms with Crippen molar-refractivity contribution in [1.82, 2.24) is 0 Å². The molecule has 15 heavy (non-hydrogen) atoms. The van der Waals surface area contributed by atoms with Gasteiger partial charge in [0, 0.05) is 0 Å². The van der Waals surface area contributed by atoms with Crippen LogP contribution in [0.2, 0.25) is 0 Å². The van der Waals surface area contributed by atoms with E-state index in [4.69, 9.17) is 0 Å². The molecule has 84 valence electrons. The van der Waals surface area contributed by atoms with Gasteiger partial charge in [-0.15, -0.1) is 0 Å². The van der Waals surface area contributed by atoms with Gasteiger partial charge in [0.1, 0.15) is 5.75 Å². The molecule has 0 aromatic heterocycles. The van der Waals surface area contributed by atoms with Crippen molar-refractivity contribution in [1.29, 1.82) is 0 Å². The van der Waals surface area contributed by atoms with Gasteiger partial charge in [0.05, 0.1) is 0 Å². The summed E-state index contributed by atoms with van der Waals surface area (Å²) in [5.41, 5.74) is 2.40. The van der Waals surface area contributed by atoms with Gasteiger partial charge in [0.25, 0.3) is 0 Å². The van der Waals surface area contributed by atoms with Crippen LogP contribution in [-0.4, -0.2) is 5.11 Å². The summed E-state index contributed by atoms with van der Waals surface area (Å²) in [5, 5.41) is 10.0. The first-order chi connectivity index (χ1) is 7.07. The highest BCUT2D eigenvalue weighted by molar-refractivity contribution is 5.41. The monoisotopic (exact) mass is 206 g/mol. The van der Waals surface area contributed by atoms with E-state index in [1.165, 1.54) is 5.56 Å². The lowest BCUT2D eigenvalue weighted by molar-refractivity contribution is 0.397. The van der Waals surface area contributed by atoms with Crippen molar-refractivity contribution in [2.75, 3.05) is 0 Å². The summed E-state index contributed by atoms with van der Waals surface area (Å²) >= 11 is 0. The molecular formula is C14H22O. The molecule has 0 aliphatic rings. The van der Waals surface area contributed by atoms with Gasteiger partial charge in [-0.3, -0.25) is 0 Å². The van der Waals surface area contributed by atoms with Crippen LogP contribution in [0.3, 0.4) is 0 Å². The summed E-state index contributed by atoms with van der Waals surface area (Å²) in [6, 6.07) is 6.11. The summed E-state index contributed by atoms with van der Waals surface area (Å²) < 4.78 is 0. The lowest BCUT2D eigenvalue weighted by atomic mass is 9.77. The number of hydrogen-bond donors (Lipinski definition) is 1. The van der Waals surface area contributed by atoms with Crippen molar-refractivity contribution in [2.24, 2.45) is 0 Å². The maximum atomic E-state index is 10.0. The van der Waals surface area contributed by atoms with Gasteiger partial charge in [-0.25, -0.2) is 0 Å². The Morgan fingerprint density at radius 2 is 1.73 bits per heavy atom. The van der Waals surface area contributed by atoms with Gasteiger partial charge in [-0.05, 0) is 41.9 Å². The molecule has 0 amide bonds. The number of benzene rings is 1. The highest BCUT2D eigenvalue weighted by atomic mass is 16.3. The van der Waals surface area contributed by atoms with Gasteiger partial charge in [-0.1, -0.05) is 39.8 Å². The fraction of sp³-hybridized carbons (Fsp3) is 0.571. The second-order valence-electron chi connectivity index (χ2n) is 4.47. The minimum absolute atomic E-state index is 0.107. The Kier molecular flexibility index (Phi) is 3.78. The van der Waals surface area contributed by atoms with Crippen LogP contribution in [-0.2, 0) is 11.8 Å². The fourth-order valence-electron chi connectivity index (χ4n) is 1.94. The first-order valence-corrected chi connectivity index (χ1v) is 5.89. The molecule has 0 saturated heterocycles. The molecule has 1 nitrogen and oxygen atoms in total. The van der Waals surface area contributed by atoms with Crippen LogP contribution < -0.4 is 0 Å². The van der Waals surface area contributed by atoms with E-state index < -0.39 is 0 Å². The summed E-state index contributed by atoms with van der Waals surface area (Å²) in [6.45, 7) is 8.67. The Morgan fingerprint density at radius 3 is 2.13 bits per heavy atom. The first kappa shape index (κ1) is 12.1. The topological polar surface area (TPSA) is 20.2 Å². The van der Waals surface area contributed by atoms with E-state index in [0.717, 1.165) is 24.8 Å². The zero-order valence-electron chi connectivity index (χ0n) is 10.3. The fourth-order valence-corrected chi connectivity index (χ4v) is 1.94. The number of rotatable bonds is 4. The van der Waals surface area contributed by atoms with Crippen LogP contribution in [0.15, 0.2) is 18.2 Å². The van der Waals surface area contributed by atoms with Gasteiger partial charge in [0.15, 0.2) is 0 Å². The maximum Gasteiger partial charge on any atom is 0.119 e. The van der Waals surface area contributed by atoms with Gasteiger partial charge in [-0.2, -0.15) is 0 Å². The third kappa shape index (κ3) is 2.34. The highest BCUT2D eigenvalue weighted by Gasteiger charge is 2.25. The van der Waals surface area contributed by atoms with Crippen molar-refractivity contribution in [3.63, 3.8) is 0 Å². The molecule has 0 aliphatic carbocycles. The van der Waals surface area contributed by atoms with E-state index in [1.54, 1.807) is 0 Å². The van der Waals surface area contributed by atoms with Gasteiger partial charge >= 0.3 is 0 Å². The second-order valence-corrected chi connectivity index (χ2v) is 4.47. The molecule has 0 unspecified atom stereocenters.